The lowest BCUT2D eigenvalue weighted by Crippen LogP contribution is -2.37. The Labute approximate surface area is 168 Å². The first-order valence-electron chi connectivity index (χ1n) is 9.20. The second-order valence-electron chi connectivity index (χ2n) is 6.29. The highest BCUT2D eigenvalue weighted by atomic mass is 19.1. The third-order valence-electron chi connectivity index (χ3n) is 4.14. The zero-order valence-electron chi connectivity index (χ0n) is 16.0. The summed E-state index contributed by atoms with van der Waals surface area (Å²) in [5, 5.41) is 6.45. The molecule has 3 rings (SSSR count). The van der Waals surface area contributed by atoms with Gasteiger partial charge in [0.25, 0.3) is 0 Å². The molecule has 2 N–H and O–H groups in total. The molecule has 0 amide bonds. The van der Waals surface area contributed by atoms with Crippen molar-refractivity contribution in [3.05, 3.63) is 89.6 Å². The number of nitrogens with zero attached hydrogens (tertiary/aromatic N) is 2. The number of nitrogens with one attached hydrogen (secondary N) is 2. The van der Waals surface area contributed by atoms with Crippen LogP contribution < -0.4 is 15.4 Å². The van der Waals surface area contributed by atoms with Gasteiger partial charge in [-0.15, -0.1) is 0 Å². The molecule has 0 unspecified atom stereocenters. The number of halogens is 2. The number of ether oxygens (including phenoxy) is 1. The minimum absolute atomic E-state index is 0.237. The first kappa shape index (κ1) is 20.3. The molecule has 0 bridgehead atoms. The summed E-state index contributed by atoms with van der Waals surface area (Å²) < 4.78 is 31.6. The van der Waals surface area contributed by atoms with Crippen molar-refractivity contribution in [2.24, 2.45) is 4.99 Å². The fourth-order valence-corrected chi connectivity index (χ4v) is 2.62. The fourth-order valence-electron chi connectivity index (χ4n) is 2.62. The predicted molar refractivity (Wildman–Crippen MR) is 109 cm³/mol. The summed E-state index contributed by atoms with van der Waals surface area (Å²) in [7, 11) is 1.70. The van der Waals surface area contributed by atoms with Crippen LogP contribution in [0.15, 0.2) is 71.9 Å². The second kappa shape index (κ2) is 10.2. The number of aliphatic imine (C=N–C) groups is 1. The van der Waals surface area contributed by atoms with Crippen molar-refractivity contribution >= 4 is 5.96 Å². The standard InChI is InChI=1S/C22H22F2N4O/c1-25-22(27-13-10-16-2-4-18(23)5-3-16)28-15-17-11-12-26-21(14-17)29-20-8-6-19(24)7-9-20/h2-9,11-12,14H,10,13,15H2,1H3,(H2,25,27,28). The summed E-state index contributed by atoms with van der Waals surface area (Å²) in [5.41, 5.74) is 2.00. The van der Waals surface area contributed by atoms with Crippen molar-refractivity contribution in [1.29, 1.82) is 0 Å². The van der Waals surface area contributed by atoms with Crippen LogP contribution in [-0.2, 0) is 13.0 Å². The Hall–Kier alpha value is -3.48. The zero-order valence-corrected chi connectivity index (χ0v) is 16.0. The third-order valence-corrected chi connectivity index (χ3v) is 4.14. The van der Waals surface area contributed by atoms with Crippen LogP contribution in [-0.4, -0.2) is 24.5 Å². The van der Waals surface area contributed by atoms with Gasteiger partial charge in [0.2, 0.25) is 5.88 Å². The van der Waals surface area contributed by atoms with Crippen LogP contribution in [0.5, 0.6) is 11.6 Å². The van der Waals surface area contributed by atoms with E-state index in [9.17, 15) is 8.78 Å². The van der Waals surface area contributed by atoms with Gasteiger partial charge in [-0.05, 0) is 60.0 Å². The number of benzene rings is 2. The Bertz CT molecular complexity index is 944. The molecule has 150 valence electrons. The van der Waals surface area contributed by atoms with E-state index >= 15 is 0 Å². The maximum Gasteiger partial charge on any atom is 0.219 e. The van der Waals surface area contributed by atoms with Crippen molar-refractivity contribution in [2.75, 3.05) is 13.6 Å². The zero-order chi connectivity index (χ0) is 20.5. The van der Waals surface area contributed by atoms with Gasteiger partial charge < -0.3 is 15.4 Å². The maximum absolute atomic E-state index is 13.0. The van der Waals surface area contributed by atoms with E-state index in [1.807, 2.05) is 12.1 Å². The van der Waals surface area contributed by atoms with Crippen molar-refractivity contribution < 1.29 is 13.5 Å². The van der Waals surface area contributed by atoms with E-state index < -0.39 is 0 Å². The molecule has 0 saturated heterocycles. The summed E-state index contributed by atoms with van der Waals surface area (Å²) in [5.74, 6) is 1.04. The van der Waals surface area contributed by atoms with Crippen molar-refractivity contribution in [2.45, 2.75) is 13.0 Å². The highest BCUT2D eigenvalue weighted by Crippen LogP contribution is 2.20. The van der Waals surface area contributed by atoms with E-state index in [2.05, 4.69) is 20.6 Å². The molecule has 1 heterocycles. The van der Waals surface area contributed by atoms with Crippen LogP contribution in [0.3, 0.4) is 0 Å². The highest BCUT2D eigenvalue weighted by Gasteiger charge is 2.03. The minimum Gasteiger partial charge on any atom is -0.439 e. The molecule has 0 aliphatic carbocycles. The molecule has 3 aromatic rings. The number of rotatable bonds is 7. The summed E-state index contributed by atoms with van der Waals surface area (Å²) >= 11 is 0. The highest BCUT2D eigenvalue weighted by molar-refractivity contribution is 5.79. The van der Waals surface area contributed by atoms with Crippen molar-refractivity contribution in [3.8, 4) is 11.6 Å². The topological polar surface area (TPSA) is 58.5 Å². The quantitative estimate of drug-likeness (QED) is 0.467. The summed E-state index contributed by atoms with van der Waals surface area (Å²) in [6, 6.07) is 15.9. The average Bonchev–Trinajstić information content (AvgIpc) is 2.74. The molecule has 0 atom stereocenters. The van der Waals surface area contributed by atoms with E-state index in [4.69, 9.17) is 4.74 Å². The van der Waals surface area contributed by atoms with Crippen molar-refractivity contribution in [3.63, 3.8) is 0 Å². The van der Waals surface area contributed by atoms with Gasteiger partial charge in [-0.25, -0.2) is 13.8 Å². The maximum atomic E-state index is 13.0. The van der Waals surface area contributed by atoms with Gasteiger partial charge in [-0.3, -0.25) is 4.99 Å². The van der Waals surface area contributed by atoms with Gasteiger partial charge in [-0.1, -0.05) is 12.1 Å². The van der Waals surface area contributed by atoms with E-state index in [1.165, 1.54) is 24.3 Å². The van der Waals surface area contributed by atoms with Gasteiger partial charge in [0, 0.05) is 32.4 Å². The first-order valence-corrected chi connectivity index (χ1v) is 9.20. The van der Waals surface area contributed by atoms with Crippen molar-refractivity contribution in [1.82, 2.24) is 15.6 Å². The Morgan fingerprint density at radius 2 is 1.62 bits per heavy atom. The first-order chi connectivity index (χ1) is 14.1. The molecule has 0 saturated carbocycles. The lowest BCUT2D eigenvalue weighted by atomic mass is 10.1. The van der Waals surface area contributed by atoms with Gasteiger partial charge in [0.1, 0.15) is 17.4 Å². The molecule has 0 fully saturated rings. The van der Waals surface area contributed by atoms with Crippen LogP contribution >= 0.6 is 0 Å². The fraction of sp³-hybridized carbons (Fsp3) is 0.182. The van der Waals surface area contributed by atoms with E-state index in [0.717, 1.165) is 17.5 Å². The molecule has 0 spiro atoms. The van der Waals surface area contributed by atoms with E-state index in [1.54, 1.807) is 37.5 Å². The van der Waals surface area contributed by atoms with E-state index in [-0.39, 0.29) is 11.6 Å². The number of hydrogen-bond donors (Lipinski definition) is 2. The summed E-state index contributed by atoms with van der Waals surface area (Å²) in [4.78, 5) is 8.38. The largest absolute Gasteiger partial charge is 0.439 e. The molecular formula is C22H22F2N4O. The number of pyridine rings is 1. The average molecular weight is 396 g/mol. The predicted octanol–water partition coefficient (Wildman–Crippen LogP) is 4.06. The molecule has 2 aromatic carbocycles. The third kappa shape index (κ3) is 6.57. The Morgan fingerprint density at radius 1 is 0.931 bits per heavy atom. The van der Waals surface area contributed by atoms with Gasteiger partial charge in [0.15, 0.2) is 5.96 Å². The Balaban J connectivity index is 1.48. The smallest absolute Gasteiger partial charge is 0.219 e. The lowest BCUT2D eigenvalue weighted by molar-refractivity contribution is 0.460. The second-order valence-corrected chi connectivity index (χ2v) is 6.29. The summed E-state index contributed by atoms with van der Waals surface area (Å²) in [6.45, 7) is 1.19. The molecular weight excluding hydrogens is 374 g/mol. The van der Waals surface area contributed by atoms with Gasteiger partial charge >= 0.3 is 0 Å². The number of aromatic nitrogens is 1. The van der Waals surface area contributed by atoms with Gasteiger partial charge in [0.05, 0.1) is 0 Å². The van der Waals surface area contributed by atoms with Crippen LogP contribution in [0.4, 0.5) is 8.78 Å². The summed E-state index contributed by atoms with van der Waals surface area (Å²) in [6.07, 6.45) is 2.41. The Kier molecular flexibility index (Phi) is 7.10. The van der Waals surface area contributed by atoms with Crippen LogP contribution in [0.1, 0.15) is 11.1 Å². The molecule has 1 aromatic heterocycles. The van der Waals surface area contributed by atoms with E-state index in [0.29, 0.717) is 30.7 Å². The van der Waals surface area contributed by atoms with Crippen LogP contribution in [0.2, 0.25) is 0 Å². The van der Waals surface area contributed by atoms with Crippen LogP contribution in [0.25, 0.3) is 0 Å². The van der Waals surface area contributed by atoms with Crippen LogP contribution in [0, 0.1) is 11.6 Å². The Morgan fingerprint density at radius 3 is 2.31 bits per heavy atom. The minimum atomic E-state index is -0.318. The molecule has 0 radical (unpaired) electrons. The molecule has 5 nitrogen and oxygen atoms in total. The number of guanidine groups is 1. The molecule has 7 heteroatoms. The monoisotopic (exact) mass is 396 g/mol. The molecule has 0 aliphatic rings. The van der Waals surface area contributed by atoms with Gasteiger partial charge in [-0.2, -0.15) is 0 Å². The molecule has 0 aliphatic heterocycles. The SMILES string of the molecule is CN=C(NCCc1ccc(F)cc1)NCc1ccnc(Oc2ccc(F)cc2)c1. The number of hydrogen-bond acceptors (Lipinski definition) is 3. The molecule has 29 heavy (non-hydrogen) atoms. The lowest BCUT2D eigenvalue weighted by Gasteiger charge is -2.12. The normalized spacial score (nSPS) is 11.2.